The summed E-state index contributed by atoms with van der Waals surface area (Å²) in [5, 5.41) is 4.15. The van der Waals surface area contributed by atoms with E-state index in [2.05, 4.69) is 41.5 Å². The second kappa shape index (κ2) is 6.55. The Labute approximate surface area is 185 Å². The Morgan fingerprint density at radius 3 is 1.22 bits per heavy atom. The van der Waals surface area contributed by atoms with Gasteiger partial charge in [0.25, 0.3) is 0 Å². The van der Waals surface area contributed by atoms with Crippen molar-refractivity contribution in [2.24, 2.45) is 0 Å². The average Bonchev–Trinajstić information content (AvgIpc) is 2.71. The molecule has 0 N–H and O–H groups in total. The Hall–Kier alpha value is -3.40. The molecule has 0 aliphatic rings. The summed E-state index contributed by atoms with van der Waals surface area (Å²) in [5.41, 5.74) is 2.32. The van der Waals surface area contributed by atoms with Crippen molar-refractivity contribution in [3.63, 3.8) is 0 Å². The normalized spacial score (nSPS) is 12.9. The van der Waals surface area contributed by atoms with Gasteiger partial charge >= 0.3 is 11.3 Å². The maximum atomic E-state index is 12.8. The monoisotopic (exact) mass is 426 g/mol. The zero-order valence-corrected chi connectivity index (χ0v) is 19.3. The lowest BCUT2D eigenvalue weighted by Crippen LogP contribution is -2.12. The van der Waals surface area contributed by atoms with Crippen LogP contribution in [-0.2, 0) is 10.8 Å². The summed E-state index contributed by atoms with van der Waals surface area (Å²) in [6.45, 7) is 12.8. The van der Waals surface area contributed by atoms with Crippen LogP contribution >= 0.6 is 0 Å². The topological polar surface area (TPSA) is 60.4 Å². The van der Waals surface area contributed by atoms with Gasteiger partial charge in [0.05, 0.1) is 10.8 Å². The van der Waals surface area contributed by atoms with Crippen LogP contribution in [0.1, 0.15) is 52.7 Å². The quantitative estimate of drug-likeness (QED) is 0.155. The first-order chi connectivity index (χ1) is 14.9. The van der Waals surface area contributed by atoms with E-state index in [-0.39, 0.29) is 22.1 Å². The van der Waals surface area contributed by atoms with E-state index in [1.807, 2.05) is 48.5 Å². The van der Waals surface area contributed by atoms with Crippen molar-refractivity contribution in [3.8, 4) is 0 Å². The fourth-order valence-electron chi connectivity index (χ4n) is 4.28. The number of hydrogen-bond acceptors (Lipinski definition) is 4. The van der Waals surface area contributed by atoms with Gasteiger partial charge in [0.2, 0.25) is 0 Å². The number of hydrogen-bond donors (Lipinski definition) is 0. The molecule has 0 radical (unpaired) electrons. The Balaban J connectivity index is 1.94. The molecular formula is C28H26O4. The molecule has 32 heavy (non-hydrogen) atoms. The van der Waals surface area contributed by atoms with Crippen molar-refractivity contribution in [2.75, 3.05) is 0 Å². The van der Waals surface area contributed by atoms with Gasteiger partial charge in [0, 0.05) is 21.5 Å². The van der Waals surface area contributed by atoms with Crippen LogP contribution < -0.4 is 11.3 Å². The van der Waals surface area contributed by atoms with Gasteiger partial charge < -0.3 is 8.83 Å². The summed E-state index contributed by atoms with van der Waals surface area (Å²) < 4.78 is 11.4. The van der Waals surface area contributed by atoms with Crippen molar-refractivity contribution < 1.29 is 8.83 Å². The minimum atomic E-state index is -0.371. The number of fused-ring (bicyclic) bond motifs is 6. The lowest BCUT2D eigenvalue weighted by molar-refractivity contribution is 0.563. The second-order valence-electron chi connectivity index (χ2n) is 10.6. The summed E-state index contributed by atoms with van der Waals surface area (Å²) in [6.07, 6.45) is 0. The molecule has 0 bridgehead atoms. The molecule has 0 fully saturated rings. The summed E-state index contributed by atoms with van der Waals surface area (Å²) >= 11 is 0. The van der Waals surface area contributed by atoms with Gasteiger partial charge in [-0.25, -0.2) is 9.59 Å². The van der Waals surface area contributed by atoms with Crippen LogP contribution in [0.15, 0.2) is 67.0 Å². The lowest BCUT2D eigenvalue weighted by atomic mass is 9.85. The fraction of sp³-hybridized carbons (Fsp3) is 0.286. The van der Waals surface area contributed by atoms with Crippen LogP contribution in [0.5, 0.6) is 0 Å². The van der Waals surface area contributed by atoms with Gasteiger partial charge in [-0.05, 0) is 58.4 Å². The molecule has 0 saturated carbocycles. The molecule has 0 aliphatic carbocycles. The molecule has 0 aliphatic heterocycles. The van der Waals surface area contributed by atoms with E-state index < -0.39 is 0 Å². The Morgan fingerprint density at radius 1 is 0.500 bits per heavy atom. The highest BCUT2D eigenvalue weighted by atomic mass is 16.4. The first kappa shape index (κ1) is 20.5. The Kier molecular flexibility index (Phi) is 4.20. The van der Waals surface area contributed by atoms with Crippen LogP contribution in [0.3, 0.4) is 0 Å². The van der Waals surface area contributed by atoms with Crippen LogP contribution in [0.2, 0.25) is 0 Å². The molecule has 5 aromatic rings. The van der Waals surface area contributed by atoms with E-state index in [1.165, 1.54) is 0 Å². The van der Waals surface area contributed by atoms with E-state index in [9.17, 15) is 9.59 Å². The molecule has 2 aromatic heterocycles. The van der Waals surface area contributed by atoms with Gasteiger partial charge in [0.1, 0.15) is 11.2 Å². The molecule has 4 nitrogen and oxygen atoms in total. The first-order valence-electron chi connectivity index (χ1n) is 10.9. The standard InChI is InChI=1S/C28H26O4/c1-27(2,3)15-7-9-17-19(11-15)21-13-24-22(14-23(21)31-25(17)29)20-12-16(28(4,5)6)8-10-18(20)26(30)32-24/h7-14H,1-6H3. The highest BCUT2D eigenvalue weighted by Crippen LogP contribution is 2.34. The van der Waals surface area contributed by atoms with Crippen molar-refractivity contribution in [1.29, 1.82) is 0 Å². The van der Waals surface area contributed by atoms with E-state index in [1.54, 1.807) is 0 Å². The molecule has 162 valence electrons. The maximum absolute atomic E-state index is 12.8. The first-order valence-corrected chi connectivity index (χ1v) is 10.9. The summed E-state index contributed by atoms with van der Waals surface area (Å²) in [5.74, 6) is 0. The molecule has 0 unspecified atom stereocenters. The fourth-order valence-corrected chi connectivity index (χ4v) is 4.28. The minimum absolute atomic E-state index is 0.0699. The largest absolute Gasteiger partial charge is 0.422 e. The van der Waals surface area contributed by atoms with E-state index in [0.29, 0.717) is 21.9 Å². The highest BCUT2D eigenvalue weighted by Gasteiger charge is 2.19. The van der Waals surface area contributed by atoms with Gasteiger partial charge in [-0.3, -0.25) is 0 Å². The molecule has 3 aromatic carbocycles. The van der Waals surface area contributed by atoms with E-state index in [0.717, 1.165) is 32.7 Å². The number of rotatable bonds is 0. The Morgan fingerprint density at radius 2 is 0.875 bits per heavy atom. The highest BCUT2D eigenvalue weighted by molar-refractivity contribution is 6.13. The molecule has 0 amide bonds. The third-order valence-corrected chi connectivity index (χ3v) is 6.28. The maximum Gasteiger partial charge on any atom is 0.344 e. The van der Waals surface area contributed by atoms with Gasteiger partial charge in [-0.2, -0.15) is 0 Å². The van der Waals surface area contributed by atoms with Gasteiger partial charge in [0.15, 0.2) is 0 Å². The van der Waals surface area contributed by atoms with Crippen LogP contribution in [0, 0.1) is 0 Å². The van der Waals surface area contributed by atoms with Crippen LogP contribution in [0.25, 0.3) is 43.5 Å². The van der Waals surface area contributed by atoms with Crippen molar-refractivity contribution in [3.05, 3.63) is 80.5 Å². The predicted octanol–water partition coefficient (Wildman–Crippen LogP) is 6.80. The van der Waals surface area contributed by atoms with Crippen molar-refractivity contribution >= 4 is 43.5 Å². The molecule has 2 heterocycles. The minimum Gasteiger partial charge on any atom is -0.422 e. The molecule has 0 spiro atoms. The molecule has 0 saturated heterocycles. The van der Waals surface area contributed by atoms with Gasteiger partial charge in [-0.15, -0.1) is 0 Å². The van der Waals surface area contributed by atoms with E-state index in [4.69, 9.17) is 8.83 Å². The third-order valence-electron chi connectivity index (χ3n) is 6.28. The Bertz CT molecular complexity index is 1540. The molecule has 0 atom stereocenters. The van der Waals surface area contributed by atoms with Crippen molar-refractivity contribution in [2.45, 2.75) is 52.4 Å². The summed E-state index contributed by atoms with van der Waals surface area (Å²) in [4.78, 5) is 25.5. The molecular weight excluding hydrogens is 400 g/mol. The van der Waals surface area contributed by atoms with Crippen molar-refractivity contribution in [1.82, 2.24) is 0 Å². The summed E-state index contributed by atoms with van der Waals surface area (Å²) in [7, 11) is 0. The zero-order valence-electron chi connectivity index (χ0n) is 19.3. The van der Waals surface area contributed by atoms with E-state index >= 15 is 0 Å². The second-order valence-corrected chi connectivity index (χ2v) is 10.6. The number of benzene rings is 3. The van der Waals surface area contributed by atoms with Crippen LogP contribution in [0.4, 0.5) is 0 Å². The lowest BCUT2D eigenvalue weighted by Gasteiger charge is -2.20. The van der Waals surface area contributed by atoms with Crippen LogP contribution in [-0.4, -0.2) is 0 Å². The SMILES string of the molecule is CC(C)(C)c1ccc2c(=O)oc3cc4c(cc3c2c1)oc(=O)c1ccc(C(C)(C)C)cc14. The molecule has 4 heteroatoms. The predicted molar refractivity (Wildman–Crippen MR) is 131 cm³/mol. The average molecular weight is 427 g/mol. The molecule has 5 rings (SSSR count). The summed E-state index contributed by atoms with van der Waals surface area (Å²) in [6, 6.07) is 15.3. The third kappa shape index (κ3) is 3.13. The van der Waals surface area contributed by atoms with Gasteiger partial charge in [-0.1, -0.05) is 53.7 Å². The zero-order chi connectivity index (χ0) is 23.0. The smallest absolute Gasteiger partial charge is 0.344 e.